The number of carbonyl (C=O) groups is 1. The normalized spacial score (nSPS) is 12.3. The number of anilines is 2. The van der Waals surface area contributed by atoms with Crippen molar-refractivity contribution in [2.45, 2.75) is 11.8 Å². The molecule has 0 spiro atoms. The molecule has 6 rings (SSSR count). The van der Waals surface area contributed by atoms with Crippen molar-refractivity contribution < 1.29 is 22.7 Å². The number of hydrogen-bond donors (Lipinski definition) is 2. The zero-order valence-electron chi connectivity index (χ0n) is 20.6. The maximum Gasteiger partial charge on any atom is 0.263 e. The van der Waals surface area contributed by atoms with E-state index in [0.717, 1.165) is 5.56 Å². The number of carbonyl (C=O) groups excluding carboxylic acids is 1. The number of nitrogens with zero attached hydrogens (tertiary/aromatic N) is 3. The Morgan fingerprint density at radius 3 is 2.51 bits per heavy atom. The first-order valence-corrected chi connectivity index (χ1v) is 13.4. The zero-order valence-corrected chi connectivity index (χ0v) is 21.4. The zero-order chi connectivity index (χ0) is 27.0. The van der Waals surface area contributed by atoms with Gasteiger partial charge in [0, 0.05) is 22.8 Å². The summed E-state index contributed by atoms with van der Waals surface area (Å²) in [6.07, 6.45) is 1.47. The molecule has 0 fully saturated rings. The van der Waals surface area contributed by atoms with E-state index >= 15 is 0 Å². The first-order chi connectivity index (χ1) is 18.9. The van der Waals surface area contributed by atoms with Gasteiger partial charge in [0.2, 0.25) is 6.79 Å². The first-order valence-electron chi connectivity index (χ1n) is 11.9. The number of para-hydroxylation sites is 1. The molecule has 3 aromatic carbocycles. The lowest BCUT2D eigenvalue weighted by Gasteiger charge is -2.12. The molecule has 1 aliphatic heterocycles. The molecule has 0 bridgehead atoms. The van der Waals surface area contributed by atoms with Crippen molar-refractivity contribution >= 4 is 38.3 Å². The van der Waals surface area contributed by atoms with Crippen LogP contribution in [0.2, 0.25) is 0 Å². The number of nitrogens with one attached hydrogen (secondary N) is 2. The predicted molar refractivity (Wildman–Crippen MR) is 145 cm³/mol. The average Bonchev–Trinajstić information content (AvgIpc) is 3.40. The molecular weight excluding hydrogens is 518 g/mol. The summed E-state index contributed by atoms with van der Waals surface area (Å²) in [7, 11) is -3.88. The number of benzene rings is 3. The number of rotatable bonds is 6. The Morgan fingerprint density at radius 1 is 0.897 bits per heavy atom. The number of pyridine rings is 1. The number of hydrogen-bond acceptors (Lipinski definition) is 8. The Hall–Kier alpha value is -5.03. The fourth-order valence-electron chi connectivity index (χ4n) is 4.19. The van der Waals surface area contributed by atoms with Gasteiger partial charge in [0.25, 0.3) is 15.9 Å². The lowest BCUT2D eigenvalue weighted by molar-refractivity contribution is 0.102. The maximum absolute atomic E-state index is 13.4. The monoisotopic (exact) mass is 539 g/mol. The van der Waals surface area contributed by atoms with Crippen molar-refractivity contribution in [3.63, 3.8) is 0 Å². The van der Waals surface area contributed by atoms with Gasteiger partial charge in [0.15, 0.2) is 11.5 Å². The van der Waals surface area contributed by atoms with E-state index in [1.165, 1.54) is 36.5 Å². The molecular formula is C28H21N5O5S. The second-order valence-corrected chi connectivity index (χ2v) is 10.4. The molecule has 3 heterocycles. The molecule has 0 aliphatic carbocycles. The molecule has 0 saturated heterocycles. The van der Waals surface area contributed by atoms with Gasteiger partial charge >= 0.3 is 0 Å². The fraction of sp³-hybridized carbons (Fsp3) is 0.0714. The van der Waals surface area contributed by atoms with Crippen molar-refractivity contribution in [1.29, 1.82) is 0 Å². The molecule has 0 atom stereocenters. The third kappa shape index (κ3) is 4.94. The molecule has 39 heavy (non-hydrogen) atoms. The van der Waals surface area contributed by atoms with Crippen molar-refractivity contribution in [3.05, 3.63) is 96.4 Å². The second-order valence-electron chi connectivity index (χ2n) is 8.71. The molecule has 0 unspecified atom stereocenters. The van der Waals surface area contributed by atoms with Gasteiger partial charge in [-0.25, -0.2) is 23.4 Å². The molecule has 2 N–H and O–H groups in total. The fourth-order valence-corrected chi connectivity index (χ4v) is 5.19. The van der Waals surface area contributed by atoms with Crippen LogP contribution in [0.15, 0.2) is 90.0 Å². The highest BCUT2D eigenvalue weighted by Crippen LogP contribution is 2.36. The molecule has 5 aromatic rings. The van der Waals surface area contributed by atoms with Gasteiger partial charge in [-0.1, -0.05) is 18.2 Å². The van der Waals surface area contributed by atoms with E-state index in [-0.39, 0.29) is 23.4 Å². The summed E-state index contributed by atoms with van der Waals surface area (Å²) < 4.78 is 38.9. The first kappa shape index (κ1) is 24.3. The third-order valence-corrected chi connectivity index (χ3v) is 7.44. The summed E-state index contributed by atoms with van der Waals surface area (Å²) in [5.74, 6) is 1.53. The van der Waals surface area contributed by atoms with E-state index in [1.807, 2.05) is 42.5 Å². The topological polar surface area (TPSA) is 132 Å². The van der Waals surface area contributed by atoms with Crippen LogP contribution < -0.4 is 19.5 Å². The van der Waals surface area contributed by atoms with Crippen LogP contribution in [0.5, 0.6) is 11.5 Å². The number of aryl methyl sites for hydroxylation is 1. The number of ether oxygens (including phenoxy) is 2. The Bertz CT molecular complexity index is 1840. The van der Waals surface area contributed by atoms with Crippen LogP contribution in [0.25, 0.3) is 22.2 Å². The van der Waals surface area contributed by atoms with Gasteiger partial charge in [0.1, 0.15) is 11.6 Å². The molecule has 0 radical (unpaired) electrons. The second kappa shape index (κ2) is 9.69. The minimum absolute atomic E-state index is 0.0243. The smallest absolute Gasteiger partial charge is 0.263 e. The summed E-state index contributed by atoms with van der Waals surface area (Å²) in [4.78, 5) is 26.2. The van der Waals surface area contributed by atoms with Crippen molar-refractivity contribution in [1.82, 2.24) is 15.0 Å². The number of aromatic nitrogens is 3. The predicted octanol–water partition coefficient (Wildman–Crippen LogP) is 4.78. The Balaban J connectivity index is 1.27. The standard InChI is InChI=1S/C28H21N5O5S/c1-17-29-13-12-27(30-17)33-39(35,36)20-9-7-19(8-10-20)31-28(34)22-15-24(32-23-5-3-2-4-21(22)23)18-6-11-25-26(14-18)38-16-37-25/h2-15H,16H2,1H3,(H,31,34)(H,29,30,33). The van der Waals surface area contributed by atoms with E-state index in [2.05, 4.69) is 20.0 Å². The van der Waals surface area contributed by atoms with Crippen LogP contribution in [0, 0.1) is 6.92 Å². The van der Waals surface area contributed by atoms with Gasteiger partial charge in [-0.2, -0.15) is 0 Å². The minimum Gasteiger partial charge on any atom is -0.454 e. The molecule has 0 saturated carbocycles. The third-order valence-electron chi connectivity index (χ3n) is 6.07. The largest absolute Gasteiger partial charge is 0.454 e. The molecule has 1 aliphatic rings. The van der Waals surface area contributed by atoms with Crippen LogP contribution in [-0.2, 0) is 10.0 Å². The van der Waals surface area contributed by atoms with Gasteiger partial charge < -0.3 is 14.8 Å². The maximum atomic E-state index is 13.4. The molecule has 194 valence electrons. The summed E-state index contributed by atoms with van der Waals surface area (Å²) in [5, 5.41) is 3.54. The minimum atomic E-state index is -3.88. The Labute approximate surface area is 223 Å². The van der Waals surface area contributed by atoms with E-state index in [1.54, 1.807) is 13.0 Å². The number of amides is 1. The van der Waals surface area contributed by atoms with Crippen molar-refractivity contribution in [3.8, 4) is 22.8 Å². The number of sulfonamides is 1. The SMILES string of the molecule is Cc1nccc(NS(=O)(=O)c2ccc(NC(=O)c3cc(-c4ccc5c(c4)OCO5)nc4ccccc34)cc2)n1. The lowest BCUT2D eigenvalue weighted by Crippen LogP contribution is -2.15. The van der Waals surface area contributed by atoms with Crippen molar-refractivity contribution in [2.24, 2.45) is 0 Å². The van der Waals surface area contributed by atoms with Gasteiger partial charge in [-0.05, 0) is 67.6 Å². The highest BCUT2D eigenvalue weighted by molar-refractivity contribution is 7.92. The highest BCUT2D eigenvalue weighted by atomic mass is 32.2. The van der Waals surface area contributed by atoms with Gasteiger partial charge in [-0.3, -0.25) is 9.52 Å². The average molecular weight is 540 g/mol. The van der Waals surface area contributed by atoms with E-state index < -0.39 is 10.0 Å². The Morgan fingerprint density at radius 2 is 1.69 bits per heavy atom. The summed E-state index contributed by atoms with van der Waals surface area (Å²) >= 11 is 0. The molecule has 11 heteroatoms. The van der Waals surface area contributed by atoms with Crippen molar-refractivity contribution in [2.75, 3.05) is 16.8 Å². The summed E-state index contributed by atoms with van der Waals surface area (Å²) in [6, 6.07) is 21.9. The van der Waals surface area contributed by atoms with Crippen LogP contribution in [0.4, 0.5) is 11.5 Å². The van der Waals surface area contributed by atoms with E-state index in [4.69, 9.17) is 14.5 Å². The van der Waals surface area contributed by atoms with Crippen LogP contribution >= 0.6 is 0 Å². The quantitative estimate of drug-likeness (QED) is 0.315. The summed E-state index contributed by atoms with van der Waals surface area (Å²) in [6.45, 7) is 1.83. The molecule has 2 aromatic heterocycles. The van der Waals surface area contributed by atoms with E-state index in [0.29, 0.717) is 45.2 Å². The van der Waals surface area contributed by atoms with E-state index in [9.17, 15) is 13.2 Å². The van der Waals surface area contributed by atoms with Gasteiger partial charge in [0.05, 0.1) is 21.7 Å². The molecule has 10 nitrogen and oxygen atoms in total. The highest BCUT2D eigenvalue weighted by Gasteiger charge is 2.19. The number of fused-ring (bicyclic) bond motifs is 2. The Kier molecular flexibility index (Phi) is 6.04. The van der Waals surface area contributed by atoms with Gasteiger partial charge in [-0.15, -0.1) is 0 Å². The lowest BCUT2D eigenvalue weighted by atomic mass is 10.0. The van der Waals surface area contributed by atoms with Crippen LogP contribution in [0.3, 0.4) is 0 Å². The van der Waals surface area contributed by atoms with Crippen LogP contribution in [0.1, 0.15) is 16.2 Å². The van der Waals surface area contributed by atoms with Crippen LogP contribution in [-0.4, -0.2) is 36.1 Å². The summed E-state index contributed by atoms with van der Waals surface area (Å²) in [5.41, 5.74) is 2.89. The molecule has 1 amide bonds.